The lowest BCUT2D eigenvalue weighted by atomic mass is 10.2. The Labute approximate surface area is 105 Å². The second-order valence-corrected chi connectivity index (χ2v) is 3.96. The Hall–Kier alpha value is -1.91. The average molecular weight is 253 g/mol. The topological polar surface area (TPSA) is 46.6 Å². The number of hydrogen-bond donors (Lipinski definition) is 0. The minimum atomic E-state index is -0.414. The highest BCUT2D eigenvalue weighted by atomic mass is 19.1. The maximum atomic E-state index is 13.0. The molecule has 0 bridgehead atoms. The van der Waals surface area contributed by atoms with Crippen molar-refractivity contribution in [3.05, 3.63) is 35.6 Å². The van der Waals surface area contributed by atoms with Crippen LogP contribution in [0.4, 0.5) is 4.39 Å². The number of carbonyl (C=O) groups is 2. The highest BCUT2D eigenvalue weighted by molar-refractivity contribution is 5.81. The lowest BCUT2D eigenvalue weighted by Crippen LogP contribution is -2.26. The SMILES string of the molecule is COC(=O)CCC(=O)N(C)Cc1cccc(F)c1. The predicted molar refractivity (Wildman–Crippen MR) is 64.1 cm³/mol. The number of benzene rings is 1. The van der Waals surface area contributed by atoms with Gasteiger partial charge in [-0.2, -0.15) is 0 Å². The molecule has 0 N–H and O–H groups in total. The molecule has 0 aliphatic rings. The van der Waals surface area contributed by atoms with Gasteiger partial charge in [-0.05, 0) is 17.7 Å². The van der Waals surface area contributed by atoms with Crippen LogP contribution < -0.4 is 0 Å². The van der Waals surface area contributed by atoms with E-state index in [1.54, 1.807) is 19.2 Å². The summed E-state index contributed by atoms with van der Waals surface area (Å²) in [5.41, 5.74) is 0.712. The molecule has 0 saturated carbocycles. The summed E-state index contributed by atoms with van der Waals surface area (Å²) in [6.07, 6.45) is 0.154. The molecule has 1 aromatic carbocycles. The number of halogens is 1. The van der Waals surface area contributed by atoms with Gasteiger partial charge in [0.1, 0.15) is 5.82 Å². The Morgan fingerprint density at radius 1 is 1.33 bits per heavy atom. The molecule has 0 atom stereocenters. The van der Waals surface area contributed by atoms with E-state index in [0.29, 0.717) is 12.1 Å². The summed E-state index contributed by atoms with van der Waals surface area (Å²) in [5.74, 6) is -0.921. The average Bonchev–Trinajstić information content (AvgIpc) is 2.35. The Morgan fingerprint density at radius 3 is 2.67 bits per heavy atom. The number of nitrogens with zero attached hydrogens (tertiary/aromatic N) is 1. The summed E-state index contributed by atoms with van der Waals surface area (Å²) < 4.78 is 17.4. The zero-order valence-corrected chi connectivity index (χ0v) is 10.5. The second kappa shape index (κ2) is 6.74. The molecule has 4 nitrogen and oxygen atoms in total. The van der Waals surface area contributed by atoms with Crippen LogP contribution in [0.15, 0.2) is 24.3 Å². The Bertz CT molecular complexity index is 434. The fourth-order valence-corrected chi connectivity index (χ4v) is 1.50. The first-order valence-corrected chi connectivity index (χ1v) is 5.58. The molecule has 0 unspecified atom stereocenters. The summed E-state index contributed by atoms with van der Waals surface area (Å²) in [6, 6.07) is 6.07. The maximum absolute atomic E-state index is 13.0. The van der Waals surface area contributed by atoms with Crippen LogP contribution in [-0.2, 0) is 20.9 Å². The molecule has 0 aliphatic heterocycles. The van der Waals surface area contributed by atoms with Crippen molar-refractivity contribution in [3.8, 4) is 0 Å². The lowest BCUT2D eigenvalue weighted by Gasteiger charge is -2.17. The predicted octanol–water partition coefficient (Wildman–Crippen LogP) is 1.74. The molecule has 0 spiro atoms. The molecule has 98 valence electrons. The van der Waals surface area contributed by atoms with Crippen molar-refractivity contribution < 1.29 is 18.7 Å². The number of ether oxygens (including phenoxy) is 1. The van der Waals surface area contributed by atoms with Crippen molar-refractivity contribution in [1.82, 2.24) is 4.90 Å². The van der Waals surface area contributed by atoms with Crippen LogP contribution in [0, 0.1) is 5.82 Å². The van der Waals surface area contributed by atoms with E-state index in [4.69, 9.17) is 0 Å². The molecule has 0 fully saturated rings. The summed E-state index contributed by atoms with van der Waals surface area (Å²) in [4.78, 5) is 24.0. The van der Waals surface area contributed by atoms with Gasteiger partial charge in [-0.3, -0.25) is 9.59 Å². The zero-order chi connectivity index (χ0) is 13.5. The van der Waals surface area contributed by atoms with Crippen LogP contribution in [0.5, 0.6) is 0 Å². The lowest BCUT2D eigenvalue weighted by molar-refractivity contribution is -0.143. The Morgan fingerprint density at radius 2 is 2.06 bits per heavy atom. The molecule has 5 heteroatoms. The van der Waals surface area contributed by atoms with Gasteiger partial charge in [-0.25, -0.2) is 4.39 Å². The molecule has 0 heterocycles. The minimum absolute atomic E-state index is 0.0584. The molecule has 0 saturated heterocycles. The second-order valence-electron chi connectivity index (χ2n) is 3.96. The smallest absolute Gasteiger partial charge is 0.306 e. The fourth-order valence-electron chi connectivity index (χ4n) is 1.50. The minimum Gasteiger partial charge on any atom is -0.469 e. The number of amides is 1. The van der Waals surface area contributed by atoms with Gasteiger partial charge in [0, 0.05) is 20.0 Å². The van der Waals surface area contributed by atoms with E-state index in [2.05, 4.69) is 4.74 Å². The monoisotopic (exact) mass is 253 g/mol. The van der Waals surface area contributed by atoms with Gasteiger partial charge in [0.2, 0.25) is 5.91 Å². The Kier molecular flexibility index (Phi) is 5.30. The molecular formula is C13H16FNO3. The zero-order valence-electron chi connectivity index (χ0n) is 10.5. The third-order valence-corrected chi connectivity index (χ3v) is 2.51. The van der Waals surface area contributed by atoms with Gasteiger partial charge in [0.25, 0.3) is 0 Å². The van der Waals surface area contributed by atoms with Crippen molar-refractivity contribution in [3.63, 3.8) is 0 Å². The summed E-state index contributed by atoms with van der Waals surface area (Å²) in [5, 5.41) is 0. The van der Waals surface area contributed by atoms with Gasteiger partial charge in [0.15, 0.2) is 0 Å². The molecule has 0 radical (unpaired) electrons. The molecule has 1 aromatic rings. The van der Waals surface area contributed by atoms with E-state index in [9.17, 15) is 14.0 Å². The van der Waals surface area contributed by atoms with E-state index in [-0.39, 0.29) is 24.6 Å². The molecule has 1 rings (SSSR count). The van der Waals surface area contributed by atoms with Gasteiger partial charge in [-0.1, -0.05) is 12.1 Å². The Balaban J connectivity index is 2.47. The first kappa shape index (κ1) is 14.2. The van der Waals surface area contributed by atoms with Crippen LogP contribution in [0.25, 0.3) is 0 Å². The third-order valence-electron chi connectivity index (χ3n) is 2.51. The van der Waals surface area contributed by atoms with Gasteiger partial charge in [0.05, 0.1) is 13.5 Å². The number of carbonyl (C=O) groups excluding carboxylic acids is 2. The fraction of sp³-hybridized carbons (Fsp3) is 0.385. The van der Waals surface area contributed by atoms with Gasteiger partial charge < -0.3 is 9.64 Å². The van der Waals surface area contributed by atoms with E-state index < -0.39 is 5.97 Å². The van der Waals surface area contributed by atoms with Crippen molar-refractivity contribution in [1.29, 1.82) is 0 Å². The van der Waals surface area contributed by atoms with Gasteiger partial charge in [-0.15, -0.1) is 0 Å². The maximum Gasteiger partial charge on any atom is 0.306 e. The summed E-state index contributed by atoms with van der Waals surface area (Å²) in [7, 11) is 2.90. The van der Waals surface area contributed by atoms with Gasteiger partial charge >= 0.3 is 5.97 Å². The molecule has 18 heavy (non-hydrogen) atoms. The molecule has 1 amide bonds. The van der Waals surface area contributed by atoms with E-state index in [0.717, 1.165) is 0 Å². The highest BCUT2D eigenvalue weighted by Crippen LogP contribution is 2.07. The number of hydrogen-bond acceptors (Lipinski definition) is 3. The normalized spacial score (nSPS) is 9.94. The first-order valence-electron chi connectivity index (χ1n) is 5.58. The van der Waals surface area contributed by atoms with Crippen LogP contribution >= 0.6 is 0 Å². The molecular weight excluding hydrogens is 237 g/mol. The molecule has 0 aliphatic carbocycles. The number of esters is 1. The van der Waals surface area contributed by atoms with E-state index in [1.165, 1.54) is 24.1 Å². The van der Waals surface area contributed by atoms with Crippen molar-refractivity contribution in [2.24, 2.45) is 0 Å². The number of rotatable bonds is 5. The van der Waals surface area contributed by atoms with Crippen LogP contribution in [-0.4, -0.2) is 30.9 Å². The van der Waals surface area contributed by atoms with Crippen molar-refractivity contribution in [2.75, 3.05) is 14.2 Å². The van der Waals surface area contributed by atoms with E-state index in [1.807, 2.05) is 0 Å². The van der Waals surface area contributed by atoms with Crippen LogP contribution in [0.2, 0.25) is 0 Å². The van der Waals surface area contributed by atoms with Crippen molar-refractivity contribution >= 4 is 11.9 Å². The summed E-state index contributed by atoms with van der Waals surface area (Å²) in [6.45, 7) is 0.317. The summed E-state index contributed by atoms with van der Waals surface area (Å²) >= 11 is 0. The van der Waals surface area contributed by atoms with Crippen molar-refractivity contribution in [2.45, 2.75) is 19.4 Å². The highest BCUT2D eigenvalue weighted by Gasteiger charge is 2.12. The third kappa shape index (κ3) is 4.53. The first-order chi connectivity index (χ1) is 8.52. The largest absolute Gasteiger partial charge is 0.469 e. The quantitative estimate of drug-likeness (QED) is 0.751. The number of methoxy groups -OCH3 is 1. The molecule has 0 aromatic heterocycles. The van der Waals surface area contributed by atoms with Crippen LogP contribution in [0.1, 0.15) is 18.4 Å². The van der Waals surface area contributed by atoms with E-state index >= 15 is 0 Å². The van der Waals surface area contributed by atoms with Crippen LogP contribution in [0.3, 0.4) is 0 Å². The standard InChI is InChI=1S/C13H16FNO3/c1-15(12(16)6-7-13(17)18-2)9-10-4-3-5-11(14)8-10/h3-5,8H,6-7,9H2,1-2H3.